The van der Waals surface area contributed by atoms with Crippen LogP contribution in [-0.4, -0.2) is 41.0 Å². The monoisotopic (exact) mass is 380 g/mol. The summed E-state index contributed by atoms with van der Waals surface area (Å²) in [5, 5.41) is 5.77. The number of likely N-dealkylation sites (tertiary alicyclic amines) is 1. The fraction of sp³-hybridized carbons (Fsp3) is 0.381. The minimum atomic E-state index is -0.0847. The standard InChI is InChI=1S/C21H24N4O3/c26-20(15-6-7-15)23-17-8-9-19(22-14-17)28-18-10-12-25(13-11-18)21(27)24-16-4-2-1-3-5-16/h1-5,8-9,14-15,18H,6-7,10-13H2,(H,23,26)(H,24,27). The zero-order valence-electron chi connectivity index (χ0n) is 15.6. The van der Waals surface area contributed by atoms with Gasteiger partial charge >= 0.3 is 6.03 Å². The number of carbonyl (C=O) groups excluding carboxylic acids is 2. The van der Waals surface area contributed by atoms with Crippen molar-refractivity contribution in [2.24, 2.45) is 5.92 Å². The summed E-state index contributed by atoms with van der Waals surface area (Å²) in [5.74, 6) is 0.772. The molecule has 1 aromatic heterocycles. The number of rotatable bonds is 5. The summed E-state index contributed by atoms with van der Waals surface area (Å²) in [6.45, 7) is 1.28. The molecule has 2 aromatic rings. The van der Waals surface area contributed by atoms with E-state index in [1.165, 1.54) is 0 Å². The van der Waals surface area contributed by atoms with E-state index in [0.717, 1.165) is 31.4 Å². The zero-order valence-corrected chi connectivity index (χ0v) is 15.6. The van der Waals surface area contributed by atoms with Gasteiger partial charge in [0.1, 0.15) is 6.10 Å². The van der Waals surface area contributed by atoms with Gasteiger partial charge in [0.15, 0.2) is 0 Å². The highest BCUT2D eigenvalue weighted by Gasteiger charge is 2.29. The molecule has 4 rings (SSSR count). The summed E-state index contributed by atoms with van der Waals surface area (Å²) in [7, 11) is 0. The van der Waals surface area contributed by atoms with Crippen LogP contribution in [0.15, 0.2) is 48.7 Å². The van der Waals surface area contributed by atoms with Crippen molar-refractivity contribution in [3.05, 3.63) is 48.7 Å². The van der Waals surface area contributed by atoms with Gasteiger partial charge in [-0.1, -0.05) is 18.2 Å². The molecule has 2 N–H and O–H groups in total. The molecule has 1 aromatic carbocycles. The Morgan fingerprint density at radius 1 is 0.929 bits per heavy atom. The van der Waals surface area contributed by atoms with Crippen LogP contribution in [0.5, 0.6) is 5.88 Å². The van der Waals surface area contributed by atoms with E-state index in [2.05, 4.69) is 15.6 Å². The number of hydrogen-bond acceptors (Lipinski definition) is 4. The fourth-order valence-corrected chi connectivity index (χ4v) is 3.19. The molecule has 0 bridgehead atoms. The fourth-order valence-electron chi connectivity index (χ4n) is 3.19. The molecule has 1 aliphatic heterocycles. The molecule has 28 heavy (non-hydrogen) atoms. The molecule has 0 spiro atoms. The largest absolute Gasteiger partial charge is 0.474 e. The van der Waals surface area contributed by atoms with Gasteiger partial charge in [0.25, 0.3) is 0 Å². The highest BCUT2D eigenvalue weighted by atomic mass is 16.5. The van der Waals surface area contributed by atoms with Crippen molar-refractivity contribution in [2.45, 2.75) is 31.8 Å². The first-order valence-corrected chi connectivity index (χ1v) is 9.72. The van der Waals surface area contributed by atoms with Gasteiger partial charge in [0.2, 0.25) is 11.8 Å². The number of anilines is 2. The number of hydrogen-bond donors (Lipinski definition) is 2. The van der Waals surface area contributed by atoms with Crippen molar-refractivity contribution < 1.29 is 14.3 Å². The van der Waals surface area contributed by atoms with Gasteiger partial charge in [-0.05, 0) is 31.0 Å². The minimum Gasteiger partial charge on any atom is -0.474 e. The lowest BCUT2D eigenvalue weighted by molar-refractivity contribution is -0.117. The maximum Gasteiger partial charge on any atom is 0.321 e. The van der Waals surface area contributed by atoms with Crippen LogP contribution in [-0.2, 0) is 4.79 Å². The Kier molecular flexibility index (Phi) is 5.41. The van der Waals surface area contributed by atoms with Gasteiger partial charge in [-0.2, -0.15) is 0 Å². The van der Waals surface area contributed by atoms with Crippen LogP contribution in [0.1, 0.15) is 25.7 Å². The third kappa shape index (κ3) is 4.79. The molecular weight excluding hydrogens is 356 g/mol. The highest BCUT2D eigenvalue weighted by Crippen LogP contribution is 2.30. The SMILES string of the molecule is O=C(Nc1ccc(OC2CCN(C(=O)Nc3ccccc3)CC2)nc1)C1CC1. The second-order valence-electron chi connectivity index (χ2n) is 7.25. The van der Waals surface area contributed by atoms with E-state index in [9.17, 15) is 9.59 Å². The lowest BCUT2D eigenvalue weighted by Gasteiger charge is -2.32. The summed E-state index contributed by atoms with van der Waals surface area (Å²) in [6, 6.07) is 12.9. The molecule has 2 aliphatic rings. The zero-order chi connectivity index (χ0) is 19.3. The van der Waals surface area contributed by atoms with Crippen molar-refractivity contribution in [2.75, 3.05) is 23.7 Å². The summed E-state index contributed by atoms with van der Waals surface area (Å²) >= 11 is 0. The van der Waals surface area contributed by atoms with E-state index in [1.807, 2.05) is 36.4 Å². The average Bonchev–Trinajstić information content (AvgIpc) is 3.56. The first-order chi connectivity index (χ1) is 13.7. The third-order valence-electron chi connectivity index (χ3n) is 4.99. The number of aromatic nitrogens is 1. The maximum atomic E-state index is 12.3. The Bertz CT molecular complexity index is 813. The highest BCUT2D eigenvalue weighted by molar-refractivity contribution is 5.93. The van der Waals surface area contributed by atoms with E-state index in [4.69, 9.17) is 4.74 Å². The lowest BCUT2D eigenvalue weighted by atomic mass is 10.1. The molecule has 0 unspecified atom stereocenters. The number of nitrogens with zero attached hydrogens (tertiary/aromatic N) is 2. The molecule has 7 nitrogen and oxygen atoms in total. The number of carbonyl (C=O) groups is 2. The molecule has 1 saturated heterocycles. The predicted octanol–water partition coefficient (Wildman–Crippen LogP) is 3.51. The summed E-state index contributed by atoms with van der Waals surface area (Å²) in [5.41, 5.74) is 1.49. The number of ether oxygens (including phenoxy) is 1. The van der Waals surface area contributed by atoms with Gasteiger partial charge in [0, 0.05) is 43.6 Å². The summed E-state index contributed by atoms with van der Waals surface area (Å²) in [6.07, 6.45) is 5.11. The van der Waals surface area contributed by atoms with Crippen LogP contribution in [0.4, 0.5) is 16.2 Å². The molecule has 0 radical (unpaired) electrons. The van der Waals surface area contributed by atoms with Gasteiger partial charge in [-0.25, -0.2) is 9.78 Å². The Morgan fingerprint density at radius 3 is 2.32 bits per heavy atom. The van der Waals surface area contributed by atoms with E-state index in [1.54, 1.807) is 17.2 Å². The van der Waals surface area contributed by atoms with Crippen molar-refractivity contribution in [1.29, 1.82) is 0 Å². The number of urea groups is 1. The maximum absolute atomic E-state index is 12.3. The van der Waals surface area contributed by atoms with Gasteiger partial charge in [0.05, 0.1) is 11.9 Å². The van der Waals surface area contributed by atoms with Crippen molar-refractivity contribution in [1.82, 2.24) is 9.88 Å². The quantitative estimate of drug-likeness (QED) is 0.831. The molecule has 146 valence electrons. The van der Waals surface area contributed by atoms with Crippen LogP contribution in [0.3, 0.4) is 0 Å². The van der Waals surface area contributed by atoms with Crippen LogP contribution in [0.2, 0.25) is 0 Å². The van der Waals surface area contributed by atoms with Gasteiger partial charge in [-0.15, -0.1) is 0 Å². The number of pyridine rings is 1. The number of benzene rings is 1. The Balaban J connectivity index is 1.22. The van der Waals surface area contributed by atoms with Crippen LogP contribution < -0.4 is 15.4 Å². The average molecular weight is 380 g/mol. The molecule has 2 heterocycles. The van der Waals surface area contributed by atoms with E-state index >= 15 is 0 Å². The van der Waals surface area contributed by atoms with E-state index in [-0.39, 0.29) is 24.0 Å². The molecule has 0 atom stereocenters. The van der Waals surface area contributed by atoms with Crippen molar-refractivity contribution in [3.8, 4) is 5.88 Å². The van der Waals surface area contributed by atoms with Crippen molar-refractivity contribution >= 4 is 23.3 Å². The Labute approximate surface area is 164 Å². The van der Waals surface area contributed by atoms with Crippen LogP contribution >= 0.6 is 0 Å². The van der Waals surface area contributed by atoms with Gasteiger partial charge in [-0.3, -0.25) is 4.79 Å². The number of amides is 3. The van der Waals surface area contributed by atoms with E-state index in [0.29, 0.717) is 24.7 Å². The number of para-hydroxylation sites is 1. The minimum absolute atomic E-state index is 0.0279. The molecular formula is C21H24N4O3. The molecule has 3 amide bonds. The smallest absolute Gasteiger partial charge is 0.321 e. The second-order valence-corrected chi connectivity index (χ2v) is 7.25. The predicted molar refractivity (Wildman–Crippen MR) is 106 cm³/mol. The number of nitrogens with one attached hydrogen (secondary N) is 2. The first-order valence-electron chi connectivity index (χ1n) is 9.72. The molecule has 1 saturated carbocycles. The van der Waals surface area contributed by atoms with Crippen molar-refractivity contribution in [3.63, 3.8) is 0 Å². The topological polar surface area (TPSA) is 83.6 Å². The van der Waals surface area contributed by atoms with Gasteiger partial charge < -0.3 is 20.3 Å². The summed E-state index contributed by atoms with van der Waals surface area (Å²) in [4.78, 5) is 30.2. The summed E-state index contributed by atoms with van der Waals surface area (Å²) < 4.78 is 5.94. The third-order valence-corrected chi connectivity index (χ3v) is 4.99. The molecule has 7 heteroatoms. The normalized spacial score (nSPS) is 17.1. The Hall–Kier alpha value is -3.09. The number of piperidine rings is 1. The molecule has 2 fully saturated rings. The second kappa shape index (κ2) is 8.29. The molecule has 1 aliphatic carbocycles. The van der Waals surface area contributed by atoms with Crippen LogP contribution in [0.25, 0.3) is 0 Å². The van der Waals surface area contributed by atoms with Crippen LogP contribution in [0, 0.1) is 5.92 Å². The lowest BCUT2D eigenvalue weighted by Crippen LogP contribution is -2.43. The Morgan fingerprint density at radius 2 is 1.68 bits per heavy atom. The van der Waals surface area contributed by atoms with E-state index < -0.39 is 0 Å². The first kappa shape index (κ1) is 18.3.